The van der Waals surface area contributed by atoms with Gasteiger partial charge in [0.2, 0.25) is 0 Å². The summed E-state index contributed by atoms with van der Waals surface area (Å²) in [5, 5.41) is 2.94. The smallest absolute Gasteiger partial charge is 0.262 e. The molecule has 2 rings (SSSR count). The van der Waals surface area contributed by atoms with E-state index in [0.29, 0.717) is 10.8 Å². The first-order chi connectivity index (χ1) is 8.16. The Morgan fingerprint density at radius 3 is 2.94 bits per heavy atom. The monoisotopic (exact) mass is 249 g/mol. The van der Waals surface area contributed by atoms with E-state index >= 15 is 0 Å². The molecule has 0 unspecified atom stereocenters. The van der Waals surface area contributed by atoms with Crippen LogP contribution in [0.4, 0.5) is 5.82 Å². The van der Waals surface area contributed by atoms with Crippen LogP contribution in [-0.2, 0) is 0 Å². The number of carbonyl (C=O) groups excluding carboxylic acids is 1. The maximum atomic E-state index is 11.7. The van der Waals surface area contributed by atoms with Gasteiger partial charge >= 0.3 is 0 Å². The van der Waals surface area contributed by atoms with Crippen molar-refractivity contribution in [2.24, 2.45) is 0 Å². The fourth-order valence-electron chi connectivity index (χ4n) is 1.26. The molecule has 2 aromatic rings. The van der Waals surface area contributed by atoms with E-state index in [-0.39, 0.29) is 5.56 Å². The van der Waals surface area contributed by atoms with Gasteiger partial charge in [-0.15, -0.1) is 0 Å². The van der Waals surface area contributed by atoms with Crippen molar-refractivity contribution in [1.29, 1.82) is 0 Å². The molecule has 2 N–H and O–H groups in total. The van der Waals surface area contributed by atoms with Crippen molar-refractivity contribution >= 4 is 23.3 Å². The molecular weight excluding hydrogens is 242 g/mol. The number of nitrogens with one attached hydrogen (secondary N) is 2. The van der Waals surface area contributed by atoms with Crippen LogP contribution >= 0.6 is 11.6 Å². The molecule has 2 aromatic heterocycles. The second-order valence-corrected chi connectivity index (χ2v) is 3.66. The fourth-order valence-corrected chi connectivity index (χ4v) is 1.42. The third-order valence-corrected chi connectivity index (χ3v) is 2.26. The minimum Gasteiger partial charge on any atom is -0.328 e. The van der Waals surface area contributed by atoms with Crippen molar-refractivity contribution in [3.63, 3.8) is 0 Å². The van der Waals surface area contributed by atoms with E-state index in [1.807, 2.05) is 0 Å². The highest BCUT2D eigenvalue weighted by atomic mass is 35.5. The molecule has 0 atom stereocenters. The molecule has 0 bridgehead atoms. The van der Waals surface area contributed by atoms with Gasteiger partial charge in [0.05, 0.1) is 0 Å². The lowest BCUT2D eigenvalue weighted by Crippen LogP contribution is -2.22. The van der Waals surface area contributed by atoms with Crippen LogP contribution < -0.4 is 10.9 Å². The highest BCUT2D eigenvalue weighted by molar-refractivity contribution is 6.30. The first-order valence-corrected chi connectivity index (χ1v) is 5.15. The summed E-state index contributed by atoms with van der Waals surface area (Å²) in [6.45, 7) is 0. The number of halogens is 1. The van der Waals surface area contributed by atoms with Gasteiger partial charge in [-0.25, -0.2) is 4.98 Å². The number of hydrogen-bond acceptors (Lipinski definition) is 3. The van der Waals surface area contributed by atoms with Gasteiger partial charge in [-0.3, -0.25) is 9.59 Å². The average molecular weight is 250 g/mol. The van der Waals surface area contributed by atoms with E-state index in [9.17, 15) is 9.59 Å². The van der Waals surface area contributed by atoms with Gasteiger partial charge in [-0.1, -0.05) is 11.6 Å². The van der Waals surface area contributed by atoms with Gasteiger partial charge in [0.1, 0.15) is 11.4 Å². The summed E-state index contributed by atoms with van der Waals surface area (Å²) >= 11 is 5.75. The number of hydrogen-bond donors (Lipinski definition) is 2. The first-order valence-electron chi connectivity index (χ1n) is 4.77. The lowest BCUT2D eigenvalue weighted by Gasteiger charge is -2.03. The summed E-state index contributed by atoms with van der Waals surface area (Å²) in [5.74, 6) is -0.229. The third-order valence-electron chi connectivity index (χ3n) is 2.03. The summed E-state index contributed by atoms with van der Waals surface area (Å²) < 4.78 is 0. The second-order valence-electron chi connectivity index (χ2n) is 3.23. The Balaban J connectivity index is 2.23. The van der Waals surface area contributed by atoms with E-state index in [4.69, 9.17) is 11.6 Å². The predicted octanol–water partition coefficient (Wildman–Crippen LogP) is 1.68. The Morgan fingerprint density at radius 1 is 1.41 bits per heavy atom. The van der Waals surface area contributed by atoms with Crippen LogP contribution in [0.25, 0.3) is 0 Å². The van der Waals surface area contributed by atoms with Crippen LogP contribution in [0.15, 0.2) is 41.5 Å². The highest BCUT2D eigenvalue weighted by Crippen LogP contribution is 2.12. The van der Waals surface area contributed by atoms with Crippen molar-refractivity contribution in [2.75, 3.05) is 5.32 Å². The van der Waals surface area contributed by atoms with E-state index in [0.717, 1.165) is 0 Å². The molecule has 86 valence electrons. The minimum absolute atomic E-state index is 0.0225. The minimum atomic E-state index is -0.526. The summed E-state index contributed by atoms with van der Waals surface area (Å²) in [6.07, 6.45) is 2.92. The molecule has 0 aromatic carbocycles. The fraction of sp³-hybridized carbons (Fsp3) is 0. The van der Waals surface area contributed by atoms with Crippen molar-refractivity contribution < 1.29 is 4.79 Å². The Hall–Kier alpha value is -2.14. The molecule has 0 radical (unpaired) electrons. The van der Waals surface area contributed by atoms with Crippen molar-refractivity contribution in [3.8, 4) is 0 Å². The zero-order valence-electron chi connectivity index (χ0n) is 8.61. The standard InChI is InChI=1S/C11H8ClN3O2/c12-7-3-5-13-9(6-7)15-11(17)8-2-1-4-14-10(8)16/h1-6H,(H,14,16)(H,13,15,17). The number of amides is 1. The molecule has 0 aliphatic heterocycles. The predicted molar refractivity (Wildman–Crippen MR) is 64.3 cm³/mol. The largest absolute Gasteiger partial charge is 0.328 e. The van der Waals surface area contributed by atoms with E-state index in [1.54, 1.807) is 12.1 Å². The molecule has 6 heteroatoms. The molecule has 0 fully saturated rings. The molecule has 17 heavy (non-hydrogen) atoms. The van der Waals surface area contributed by atoms with Crippen LogP contribution in [0.1, 0.15) is 10.4 Å². The Morgan fingerprint density at radius 2 is 2.24 bits per heavy atom. The first kappa shape index (κ1) is 11.3. The second kappa shape index (κ2) is 4.80. The number of rotatable bonds is 2. The van der Waals surface area contributed by atoms with Gasteiger partial charge in [0.15, 0.2) is 0 Å². The van der Waals surface area contributed by atoms with Crippen LogP contribution in [0.3, 0.4) is 0 Å². The normalized spacial score (nSPS) is 9.94. The van der Waals surface area contributed by atoms with E-state index < -0.39 is 11.5 Å². The molecule has 0 aliphatic rings. The summed E-state index contributed by atoms with van der Waals surface area (Å²) in [7, 11) is 0. The Kier molecular flexibility index (Phi) is 3.20. The molecule has 1 amide bonds. The van der Waals surface area contributed by atoms with Crippen LogP contribution in [-0.4, -0.2) is 15.9 Å². The topological polar surface area (TPSA) is 74.8 Å². The van der Waals surface area contributed by atoms with Crippen LogP contribution in [0, 0.1) is 0 Å². The zero-order chi connectivity index (χ0) is 12.3. The van der Waals surface area contributed by atoms with E-state index in [2.05, 4.69) is 15.3 Å². The molecule has 5 nitrogen and oxygen atoms in total. The number of H-pyrrole nitrogens is 1. The quantitative estimate of drug-likeness (QED) is 0.850. The maximum absolute atomic E-state index is 11.7. The number of pyridine rings is 2. The SMILES string of the molecule is O=C(Nc1cc(Cl)ccn1)c1ccc[nH]c1=O. The lowest BCUT2D eigenvalue weighted by molar-refractivity contribution is 0.102. The molecule has 0 saturated heterocycles. The van der Waals surface area contributed by atoms with Gasteiger partial charge in [-0.05, 0) is 24.3 Å². The van der Waals surface area contributed by atoms with Crippen LogP contribution in [0.5, 0.6) is 0 Å². The molecule has 0 spiro atoms. The van der Waals surface area contributed by atoms with Crippen molar-refractivity contribution in [2.45, 2.75) is 0 Å². The van der Waals surface area contributed by atoms with Gasteiger partial charge < -0.3 is 10.3 Å². The van der Waals surface area contributed by atoms with Crippen molar-refractivity contribution in [1.82, 2.24) is 9.97 Å². The molecule has 0 saturated carbocycles. The summed E-state index contributed by atoms with van der Waals surface area (Å²) in [5.41, 5.74) is -0.429. The average Bonchev–Trinajstić information content (AvgIpc) is 2.29. The Labute approximate surface area is 101 Å². The van der Waals surface area contributed by atoms with Gasteiger partial charge in [0, 0.05) is 17.4 Å². The number of anilines is 1. The number of aromatic nitrogens is 2. The molecular formula is C11H8ClN3O2. The summed E-state index contributed by atoms with van der Waals surface area (Å²) in [6, 6.07) is 6.09. The molecule has 0 aliphatic carbocycles. The number of nitrogens with zero attached hydrogens (tertiary/aromatic N) is 1. The highest BCUT2D eigenvalue weighted by Gasteiger charge is 2.10. The zero-order valence-corrected chi connectivity index (χ0v) is 9.36. The molecule has 2 heterocycles. The third kappa shape index (κ3) is 2.70. The van der Waals surface area contributed by atoms with Crippen LogP contribution in [0.2, 0.25) is 5.02 Å². The maximum Gasteiger partial charge on any atom is 0.262 e. The number of carbonyl (C=O) groups is 1. The van der Waals surface area contributed by atoms with E-state index in [1.165, 1.54) is 24.5 Å². The summed E-state index contributed by atoms with van der Waals surface area (Å²) in [4.78, 5) is 29.4. The number of aromatic amines is 1. The Bertz CT molecular complexity index is 609. The van der Waals surface area contributed by atoms with Gasteiger partial charge in [0.25, 0.3) is 11.5 Å². The van der Waals surface area contributed by atoms with Crippen molar-refractivity contribution in [3.05, 3.63) is 57.6 Å². The lowest BCUT2D eigenvalue weighted by atomic mass is 10.2. The van der Waals surface area contributed by atoms with Gasteiger partial charge in [-0.2, -0.15) is 0 Å².